The van der Waals surface area contributed by atoms with Crippen LogP contribution in [0.25, 0.3) is 10.6 Å². The number of thiazole rings is 1. The van der Waals surface area contributed by atoms with Gasteiger partial charge in [0.1, 0.15) is 5.01 Å². The summed E-state index contributed by atoms with van der Waals surface area (Å²) in [6.45, 7) is 3.19. The molecule has 164 valence electrons. The third-order valence-corrected chi connectivity index (χ3v) is 5.90. The van der Waals surface area contributed by atoms with Crippen molar-refractivity contribution in [2.45, 2.75) is 13.5 Å². The number of hydrogen-bond donors (Lipinski definition) is 1. The van der Waals surface area contributed by atoms with Gasteiger partial charge in [0.15, 0.2) is 11.5 Å². The highest BCUT2D eigenvalue weighted by molar-refractivity contribution is 7.13. The van der Waals surface area contributed by atoms with Crippen molar-refractivity contribution in [2.75, 3.05) is 32.6 Å². The normalized spacial score (nSPS) is 10.9. The minimum atomic E-state index is -0.204. The Labute approximate surface area is 195 Å². The predicted octanol–water partition coefficient (Wildman–Crippen LogP) is 5.59. The lowest BCUT2D eigenvalue weighted by atomic mass is 10.2. The van der Waals surface area contributed by atoms with Crippen molar-refractivity contribution in [3.63, 3.8) is 0 Å². The average Bonchev–Trinajstić information content (AvgIpc) is 3.19. The number of hydrogen-bond acceptors (Lipinski definition) is 6. The minimum absolute atomic E-state index is 0.172. The molecule has 0 aliphatic carbocycles. The highest BCUT2D eigenvalue weighted by Crippen LogP contribution is 2.34. The fourth-order valence-electron chi connectivity index (χ4n) is 2.96. The molecule has 1 N–H and O–H groups in total. The summed E-state index contributed by atoms with van der Waals surface area (Å²) in [6, 6.07) is 10.8. The number of benzene rings is 2. The monoisotopic (exact) mass is 479 g/mol. The summed E-state index contributed by atoms with van der Waals surface area (Å²) in [5.41, 5.74) is 2.24. The Balaban J connectivity index is 1.62. The van der Waals surface area contributed by atoms with Gasteiger partial charge >= 0.3 is 0 Å². The number of amides is 1. The summed E-state index contributed by atoms with van der Waals surface area (Å²) < 4.78 is 11.0. The van der Waals surface area contributed by atoms with Gasteiger partial charge in [-0.1, -0.05) is 29.3 Å². The van der Waals surface area contributed by atoms with Crippen molar-refractivity contribution in [1.82, 2.24) is 9.88 Å². The number of likely N-dealkylation sites (N-methyl/N-ethyl adjacent to an activating group) is 1. The molecule has 1 amide bonds. The lowest BCUT2D eigenvalue weighted by Crippen LogP contribution is -2.30. The number of anilines is 1. The molecule has 0 radical (unpaired) electrons. The lowest BCUT2D eigenvalue weighted by Gasteiger charge is -2.16. The number of nitrogens with zero attached hydrogens (tertiary/aromatic N) is 2. The predicted molar refractivity (Wildman–Crippen MR) is 127 cm³/mol. The Hall–Kier alpha value is -2.32. The third-order valence-electron chi connectivity index (χ3n) is 4.33. The van der Waals surface area contributed by atoms with Crippen LogP contribution >= 0.6 is 34.5 Å². The van der Waals surface area contributed by atoms with Crippen LogP contribution in [0.4, 0.5) is 5.69 Å². The third kappa shape index (κ3) is 6.11. The second-order valence-electron chi connectivity index (χ2n) is 6.76. The first kappa shape index (κ1) is 23.3. The molecular weight excluding hydrogens is 457 g/mol. The Morgan fingerprint density at radius 2 is 1.94 bits per heavy atom. The molecule has 3 aromatic rings. The minimum Gasteiger partial charge on any atom is -0.493 e. The van der Waals surface area contributed by atoms with E-state index in [1.165, 1.54) is 11.3 Å². The van der Waals surface area contributed by atoms with E-state index < -0.39 is 0 Å². The Kier molecular flexibility index (Phi) is 8.15. The van der Waals surface area contributed by atoms with Crippen molar-refractivity contribution in [2.24, 2.45) is 0 Å². The topological polar surface area (TPSA) is 63.7 Å². The van der Waals surface area contributed by atoms with E-state index in [0.717, 1.165) is 16.3 Å². The van der Waals surface area contributed by atoms with E-state index in [1.807, 2.05) is 42.5 Å². The molecule has 1 heterocycles. The van der Waals surface area contributed by atoms with Gasteiger partial charge in [-0.05, 0) is 44.3 Å². The zero-order valence-electron chi connectivity index (χ0n) is 17.4. The van der Waals surface area contributed by atoms with Crippen LogP contribution in [-0.4, -0.2) is 43.1 Å². The molecule has 0 fully saturated rings. The van der Waals surface area contributed by atoms with Crippen LogP contribution in [0.3, 0.4) is 0 Å². The van der Waals surface area contributed by atoms with Crippen LogP contribution in [0, 0.1) is 0 Å². The Bertz CT molecular complexity index is 1040. The largest absolute Gasteiger partial charge is 0.493 e. The van der Waals surface area contributed by atoms with E-state index in [9.17, 15) is 4.79 Å². The fraction of sp³-hybridized carbons (Fsp3) is 0.273. The van der Waals surface area contributed by atoms with Gasteiger partial charge in [0.2, 0.25) is 5.91 Å². The molecular formula is C22H23Cl2N3O3S. The summed E-state index contributed by atoms with van der Waals surface area (Å²) in [7, 11) is 3.47. The molecule has 0 saturated heterocycles. The number of ether oxygens (including phenoxy) is 2. The van der Waals surface area contributed by atoms with Gasteiger partial charge in [0, 0.05) is 17.5 Å². The highest BCUT2D eigenvalue weighted by atomic mass is 35.5. The molecule has 9 heteroatoms. The maximum Gasteiger partial charge on any atom is 0.238 e. The lowest BCUT2D eigenvalue weighted by molar-refractivity contribution is -0.117. The quantitative estimate of drug-likeness (QED) is 0.432. The maximum atomic E-state index is 12.4. The van der Waals surface area contributed by atoms with E-state index in [-0.39, 0.29) is 12.5 Å². The van der Waals surface area contributed by atoms with Gasteiger partial charge in [-0.15, -0.1) is 11.3 Å². The molecule has 0 saturated carbocycles. The van der Waals surface area contributed by atoms with Crippen LogP contribution in [0.1, 0.15) is 12.6 Å². The van der Waals surface area contributed by atoms with E-state index in [0.29, 0.717) is 40.4 Å². The number of methoxy groups -OCH3 is 1. The van der Waals surface area contributed by atoms with Crippen LogP contribution in [0.2, 0.25) is 10.0 Å². The molecule has 2 aromatic carbocycles. The molecule has 1 aromatic heterocycles. The van der Waals surface area contributed by atoms with E-state index in [4.69, 9.17) is 37.7 Å². The van der Waals surface area contributed by atoms with Crippen molar-refractivity contribution in [1.29, 1.82) is 0 Å². The zero-order valence-corrected chi connectivity index (χ0v) is 19.8. The van der Waals surface area contributed by atoms with E-state index >= 15 is 0 Å². The maximum absolute atomic E-state index is 12.4. The van der Waals surface area contributed by atoms with Crippen molar-refractivity contribution >= 4 is 46.1 Å². The smallest absolute Gasteiger partial charge is 0.238 e. The Morgan fingerprint density at radius 3 is 2.61 bits per heavy atom. The number of halogens is 2. The van der Waals surface area contributed by atoms with Gasteiger partial charge in [0.25, 0.3) is 0 Å². The summed E-state index contributed by atoms with van der Waals surface area (Å²) in [5.74, 6) is 1.17. The van der Waals surface area contributed by atoms with Gasteiger partial charge in [-0.2, -0.15) is 0 Å². The average molecular weight is 480 g/mol. The highest BCUT2D eigenvalue weighted by Gasteiger charge is 2.14. The molecule has 0 unspecified atom stereocenters. The van der Waals surface area contributed by atoms with Gasteiger partial charge < -0.3 is 14.8 Å². The molecule has 0 atom stereocenters. The fourth-order valence-corrected chi connectivity index (χ4v) is 4.26. The summed E-state index contributed by atoms with van der Waals surface area (Å²) >= 11 is 13.8. The van der Waals surface area contributed by atoms with Crippen LogP contribution < -0.4 is 14.8 Å². The summed E-state index contributed by atoms with van der Waals surface area (Å²) in [4.78, 5) is 19.0. The number of carbonyl (C=O) groups excluding carboxylic acids is 1. The molecule has 31 heavy (non-hydrogen) atoms. The van der Waals surface area contributed by atoms with Crippen LogP contribution in [0.5, 0.6) is 11.5 Å². The molecule has 3 rings (SSSR count). The number of aromatic nitrogens is 1. The van der Waals surface area contributed by atoms with Crippen molar-refractivity contribution < 1.29 is 14.3 Å². The molecule has 6 nitrogen and oxygen atoms in total. The van der Waals surface area contributed by atoms with Crippen LogP contribution in [-0.2, 0) is 11.3 Å². The second kappa shape index (κ2) is 10.8. The number of rotatable bonds is 9. The number of nitrogens with one attached hydrogen (secondary N) is 1. The first-order chi connectivity index (χ1) is 14.9. The zero-order chi connectivity index (χ0) is 22.4. The van der Waals surface area contributed by atoms with Gasteiger partial charge in [-0.3, -0.25) is 9.69 Å². The first-order valence-electron chi connectivity index (χ1n) is 9.59. The SMILES string of the molecule is CCOc1ccc(-c2nc(CN(C)CC(=O)Nc3c(Cl)cccc3Cl)cs2)cc1OC. The van der Waals surface area contributed by atoms with E-state index in [2.05, 4.69) is 5.32 Å². The van der Waals surface area contributed by atoms with Gasteiger partial charge in [-0.25, -0.2) is 4.98 Å². The first-order valence-corrected chi connectivity index (χ1v) is 11.2. The van der Waals surface area contributed by atoms with Gasteiger partial charge in [0.05, 0.1) is 41.7 Å². The second-order valence-corrected chi connectivity index (χ2v) is 8.43. The summed E-state index contributed by atoms with van der Waals surface area (Å²) in [5, 5.41) is 6.43. The van der Waals surface area contributed by atoms with Crippen molar-refractivity contribution in [3.05, 3.63) is 57.5 Å². The number of carbonyl (C=O) groups is 1. The standard InChI is InChI=1S/C22H23Cl2N3O3S/c1-4-30-18-9-8-14(10-19(18)29-3)22-25-15(13-31-22)11-27(2)12-20(28)26-21-16(23)6-5-7-17(21)24/h5-10,13H,4,11-12H2,1-3H3,(H,26,28). The van der Waals surface area contributed by atoms with Crippen LogP contribution in [0.15, 0.2) is 41.8 Å². The number of para-hydroxylation sites is 1. The van der Waals surface area contributed by atoms with Crippen molar-refractivity contribution in [3.8, 4) is 22.1 Å². The van der Waals surface area contributed by atoms with E-state index in [1.54, 1.807) is 25.3 Å². The molecule has 0 spiro atoms. The molecule has 0 bridgehead atoms. The summed E-state index contributed by atoms with van der Waals surface area (Å²) in [6.07, 6.45) is 0. The molecule has 0 aliphatic rings. The molecule has 0 aliphatic heterocycles. The Morgan fingerprint density at radius 1 is 1.19 bits per heavy atom.